The van der Waals surface area contributed by atoms with Crippen molar-refractivity contribution in [2.24, 2.45) is 0 Å². The number of carbonyl (C=O) groups is 2. The summed E-state index contributed by atoms with van der Waals surface area (Å²) in [6.45, 7) is -0.319. The van der Waals surface area contributed by atoms with E-state index < -0.39 is 28.3 Å². The van der Waals surface area contributed by atoms with Crippen LogP contribution in [0.15, 0.2) is 29.5 Å². The van der Waals surface area contributed by atoms with Crippen LogP contribution in [-0.2, 0) is 23.8 Å². The lowest BCUT2D eigenvalue weighted by atomic mass is 10.1. The third-order valence-corrected chi connectivity index (χ3v) is 3.30. The minimum atomic E-state index is -0.825. The molecular weight excluding hydrogens is 324 g/mol. The quantitative estimate of drug-likeness (QED) is 0.479. The number of nitro groups is 1. The van der Waals surface area contributed by atoms with Gasteiger partial charge in [-0.05, 0) is 12.1 Å². The van der Waals surface area contributed by atoms with E-state index in [2.05, 4.69) is 9.47 Å². The molecule has 0 radical (unpaired) electrons. The van der Waals surface area contributed by atoms with E-state index in [0.717, 1.165) is 26.4 Å². The first-order valence-electron chi connectivity index (χ1n) is 6.63. The molecule has 1 aromatic carbocycles. The maximum atomic E-state index is 12.1. The van der Waals surface area contributed by atoms with Crippen LogP contribution in [0.3, 0.4) is 0 Å². The van der Waals surface area contributed by atoms with E-state index in [1.54, 1.807) is 0 Å². The lowest BCUT2D eigenvalue weighted by Crippen LogP contribution is -2.38. The number of phenolic OH excluding ortho intramolecular Hbond substituents is 1. The Morgan fingerprint density at radius 1 is 1.29 bits per heavy atom. The molecule has 1 aromatic rings. The van der Waals surface area contributed by atoms with E-state index in [1.807, 2.05) is 0 Å². The number of phenols is 1. The first-order valence-corrected chi connectivity index (χ1v) is 6.63. The zero-order valence-electron chi connectivity index (χ0n) is 12.8. The molecule has 0 aliphatic carbocycles. The average molecular weight is 338 g/mol. The highest BCUT2D eigenvalue weighted by Crippen LogP contribution is 2.33. The molecule has 0 atom stereocenters. The summed E-state index contributed by atoms with van der Waals surface area (Å²) >= 11 is 0. The molecule has 0 fully saturated rings. The summed E-state index contributed by atoms with van der Waals surface area (Å²) in [6.07, 6.45) is 0. The Labute approximate surface area is 136 Å². The summed E-state index contributed by atoms with van der Waals surface area (Å²) in [6, 6.07) is 3.51. The third-order valence-electron chi connectivity index (χ3n) is 3.30. The number of benzene rings is 1. The van der Waals surface area contributed by atoms with E-state index in [1.165, 1.54) is 11.0 Å². The lowest BCUT2D eigenvalue weighted by molar-refractivity contribution is -0.385. The van der Waals surface area contributed by atoms with E-state index in [9.17, 15) is 24.8 Å². The number of nitrogens with zero attached hydrogens (tertiary/aromatic N) is 2. The smallest absolute Gasteiger partial charge is 0.355 e. The van der Waals surface area contributed by atoms with Crippen LogP contribution in [0.4, 0.5) is 11.4 Å². The fourth-order valence-corrected chi connectivity index (χ4v) is 2.17. The van der Waals surface area contributed by atoms with Gasteiger partial charge in [-0.1, -0.05) is 0 Å². The maximum absolute atomic E-state index is 12.1. The highest BCUT2D eigenvalue weighted by atomic mass is 16.6. The predicted molar refractivity (Wildman–Crippen MR) is 79.1 cm³/mol. The van der Waals surface area contributed by atoms with Crippen molar-refractivity contribution in [3.63, 3.8) is 0 Å². The third kappa shape index (κ3) is 3.13. The van der Waals surface area contributed by atoms with Gasteiger partial charge in [0.2, 0.25) is 0 Å². The van der Waals surface area contributed by atoms with Gasteiger partial charge in [0.1, 0.15) is 12.4 Å². The molecule has 0 amide bonds. The van der Waals surface area contributed by atoms with Gasteiger partial charge in [0.15, 0.2) is 5.75 Å². The number of methoxy groups -OCH3 is 2. The number of aromatic hydroxyl groups is 1. The zero-order valence-corrected chi connectivity index (χ0v) is 12.8. The van der Waals surface area contributed by atoms with Gasteiger partial charge >= 0.3 is 17.6 Å². The number of carbonyl (C=O) groups excluding carboxylic acids is 2. The molecule has 0 spiro atoms. The fraction of sp³-hybridized carbons (Fsp3) is 0.286. The molecular formula is C14H14N2O8. The van der Waals surface area contributed by atoms with Crippen molar-refractivity contribution >= 4 is 23.3 Å². The topological polar surface area (TPSA) is 128 Å². The van der Waals surface area contributed by atoms with E-state index in [-0.39, 0.29) is 30.3 Å². The first-order chi connectivity index (χ1) is 11.4. The Morgan fingerprint density at radius 3 is 2.54 bits per heavy atom. The summed E-state index contributed by atoms with van der Waals surface area (Å²) < 4.78 is 14.6. The molecule has 1 aliphatic rings. The van der Waals surface area contributed by atoms with Gasteiger partial charge in [-0.3, -0.25) is 10.1 Å². The summed E-state index contributed by atoms with van der Waals surface area (Å²) in [5, 5.41) is 20.5. The minimum absolute atomic E-state index is 0.0775. The molecule has 0 saturated heterocycles. The van der Waals surface area contributed by atoms with Gasteiger partial charge in [-0.25, -0.2) is 9.59 Å². The van der Waals surface area contributed by atoms with Crippen molar-refractivity contribution in [2.75, 3.05) is 32.5 Å². The van der Waals surface area contributed by atoms with E-state index >= 15 is 0 Å². The molecule has 128 valence electrons. The molecule has 0 aromatic heterocycles. The van der Waals surface area contributed by atoms with Gasteiger partial charge in [0, 0.05) is 6.07 Å². The average Bonchev–Trinajstić information content (AvgIpc) is 2.59. The Morgan fingerprint density at radius 2 is 1.96 bits per heavy atom. The highest BCUT2D eigenvalue weighted by molar-refractivity contribution is 6.03. The molecule has 0 saturated carbocycles. The number of ether oxygens (including phenoxy) is 3. The monoisotopic (exact) mass is 338 g/mol. The number of rotatable bonds is 4. The Hall–Kier alpha value is -3.14. The number of esters is 2. The Balaban J connectivity index is 2.59. The first kappa shape index (κ1) is 17.2. The highest BCUT2D eigenvalue weighted by Gasteiger charge is 2.33. The number of anilines is 1. The minimum Gasteiger partial charge on any atom is -0.502 e. The van der Waals surface area contributed by atoms with Crippen LogP contribution in [0.2, 0.25) is 0 Å². The molecule has 1 aliphatic heterocycles. The summed E-state index contributed by atoms with van der Waals surface area (Å²) in [4.78, 5) is 35.4. The normalized spacial score (nSPS) is 14.3. The van der Waals surface area contributed by atoms with Gasteiger partial charge < -0.3 is 24.2 Å². The second kappa shape index (κ2) is 6.96. The standard InChI is InChI=1S/C14H14N2O8/c1-22-13(18)9-6-24-7-15(12(9)14(19)23-2)8-3-4-11(17)10(5-8)16(20)21/h3-5,17H,6-7H2,1-2H3. The summed E-state index contributed by atoms with van der Waals surface area (Å²) in [7, 11) is 2.28. The van der Waals surface area contributed by atoms with Crippen LogP contribution in [-0.4, -0.2) is 49.5 Å². The van der Waals surface area contributed by atoms with Crippen molar-refractivity contribution in [2.45, 2.75) is 0 Å². The van der Waals surface area contributed by atoms with Crippen LogP contribution in [0.1, 0.15) is 0 Å². The van der Waals surface area contributed by atoms with E-state index in [0.29, 0.717) is 0 Å². The van der Waals surface area contributed by atoms with Crippen LogP contribution >= 0.6 is 0 Å². The van der Waals surface area contributed by atoms with Crippen LogP contribution < -0.4 is 4.90 Å². The molecule has 2 rings (SSSR count). The summed E-state index contributed by atoms with van der Waals surface area (Å²) in [5.41, 5.74) is -0.607. The van der Waals surface area contributed by atoms with Crippen molar-refractivity contribution in [1.29, 1.82) is 0 Å². The second-order valence-electron chi connectivity index (χ2n) is 4.65. The van der Waals surface area contributed by atoms with Crippen LogP contribution in [0.25, 0.3) is 0 Å². The molecule has 24 heavy (non-hydrogen) atoms. The predicted octanol–water partition coefficient (Wildman–Crippen LogP) is 0.695. The van der Waals surface area contributed by atoms with Gasteiger partial charge in [-0.15, -0.1) is 0 Å². The second-order valence-corrected chi connectivity index (χ2v) is 4.65. The van der Waals surface area contributed by atoms with Crippen molar-refractivity contribution in [1.82, 2.24) is 0 Å². The zero-order chi connectivity index (χ0) is 17.9. The van der Waals surface area contributed by atoms with E-state index in [4.69, 9.17) is 4.74 Å². The van der Waals surface area contributed by atoms with Gasteiger partial charge in [-0.2, -0.15) is 0 Å². The van der Waals surface area contributed by atoms with Crippen molar-refractivity contribution in [3.05, 3.63) is 39.6 Å². The summed E-state index contributed by atoms with van der Waals surface area (Å²) in [5.74, 6) is -2.14. The largest absolute Gasteiger partial charge is 0.502 e. The molecule has 1 heterocycles. The molecule has 10 heteroatoms. The number of hydrogen-bond acceptors (Lipinski definition) is 9. The molecule has 1 N–H and O–H groups in total. The number of nitro benzene ring substituents is 1. The van der Waals surface area contributed by atoms with Crippen LogP contribution in [0.5, 0.6) is 5.75 Å². The lowest BCUT2D eigenvalue weighted by Gasteiger charge is -2.31. The maximum Gasteiger partial charge on any atom is 0.355 e. The fourth-order valence-electron chi connectivity index (χ4n) is 2.17. The molecule has 10 nitrogen and oxygen atoms in total. The van der Waals surface area contributed by atoms with Gasteiger partial charge in [0.05, 0.1) is 37.0 Å². The Kier molecular flexibility index (Phi) is 4.99. The van der Waals surface area contributed by atoms with Crippen molar-refractivity contribution in [3.8, 4) is 5.75 Å². The van der Waals surface area contributed by atoms with Crippen molar-refractivity contribution < 1.29 is 33.8 Å². The van der Waals surface area contributed by atoms with Gasteiger partial charge in [0.25, 0.3) is 0 Å². The number of hydrogen-bond donors (Lipinski definition) is 1. The molecule has 0 bridgehead atoms. The Bertz CT molecular complexity index is 727. The molecule has 0 unspecified atom stereocenters. The SMILES string of the molecule is COC(=O)C1=C(C(=O)OC)N(c2ccc(O)c([N+](=O)[O-])c2)COC1. The van der Waals surface area contributed by atoms with Crippen LogP contribution in [0, 0.1) is 10.1 Å².